The van der Waals surface area contributed by atoms with Gasteiger partial charge in [-0.15, -0.1) is 0 Å². The monoisotopic (exact) mass is 299 g/mol. The fraction of sp³-hybridized carbons (Fsp3) is 0.769. The molecular formula is C13H22ClN5O. The van der Waals surface area contributed by atoms with Crippen LogP contribution in [0.15, 0.2) is 0 Å². The molecule has 2 heterocycles. The van der Waals surface area contributed by atoms with Crippen molar-refractivity contribution in [1.29, 1.82) is 0 Å². The van der Waals surface area contributed by atoms with E-state index in [1.165, 1.54) is 19.3 Å². The second kappa shape index (κ2) is 7.59. The van der Waals surface area contributed by atoms with E-state index in [9.17, 15) is 0 Å². The molecule has 1 atom stereocenters. The summed E-state index contributed by atoms with van der Waals surface area (Å²) in [5.74, 6) is 1.16. The Labute approximate surface area is 124 Å². The van der Waals surface area contributed by atoms with Crippen LogP contribution in [0.1, 0.15) is 39.0 Å². The largest absolute Gasteiger partial charge is 0.396 e. The molecule has 6 nitrogen and oxygen atoms in total. The Kier molecular flexibility index (Phi) is 5.79. The Bertz CT molecular complexity index is 425. The highest BCUT2D eigenvalue weighted by Gasteiger charge is 2.16. The molecule has 1 aliphatic rings. The quantitative estimate of drug-likeness (QED) is 0.838. The maximum Gasteiger partial charge on any atom is 0.231 e. The van der Waals surface area contributed by atoms with Crippen molar-refractivity contribution in [2.24, 2.45) is 0 Å². The van der Waals surface area contributed by atoms with E-state index in [1.807, 2.05) is 6.92 Å². The van der Waals surface area contributed by atoms with Gasteiger partial charge in [-0.25, -0.2) is 0 Å². The lowest BCUT2D eigenvalue weighted by atomic mass is 10.1. The Morgan fingerprint density at radius 1 is 1.25 bits per heavy atom. The first-order valence-electron chi connectivity index (χ1n) is 7.23. The van der Waals surface area contributed by atoms with Gasteiger partial charge in [0.05, 0.1) is 0 Å². The van der Waals surface area contributed by atoms with Crippen molar-refractivity contribution in [1.82, 2.24) is 15.0 Å². The van der Waals surface area contributed by atoms with Gasteiger partial charge in [0.1, 0.15) is 0 Å². The van der Waals surface area contributed by atoms with Crippen LogP contribution >= 0.6 is 11.6 Å². The predicted octanol–water partition coefficient (Wildman–Crippen LogP) is 2.09. The van der Waals surface area contributed by atoms with E-state index in [2.05, 4.69) is 25.2 Å². The van der Waals surface area contributed by atoms with Crippen molar-refractivity contribution in [2.45, 2.75) is 45.1 Å². The first-order valence-corrected chi connectivity index (χ1v) is 7.61. The van der Waals surface area contributed by atoms with Gasteiger partial charge in [-0.2, -0.15) is 15.0 Å². The number of anilines is 2. The normalized spacial score (nSPS) is 17.1. The maximum absolute atomic E-state index is 8.84. The molecule has 1 fully saturated rings. The summed E-state index contributed by atoms with van der Waals surface area (Å²) >= 11 is 5.99. The van der Waals surface area contributed by atoms with Crippen LogP contribution in [0.25, 0.3) is 0 Å². The summed E-state index contributed by atoms with van der Waals surface area (Å²) in [6.45, 7) is 4.18. The number of hydrogen-bond donors (Lipinski definition) is 2. The third-order valence-corrected chi connectivity index (χ3v) is 3.58. The van der Waals surface area contributed by atoms with Crippen molar-refractivity contribution in [3.63, 3.8) is 0 Å². The van der Waals surface area contributed by atoms with E-state index < -0.39 is 0 Å². The molecule has 0 aliphatic carbocycles. The molecule has 1 aromatic rings. The Morgan fingerprint density at radius 2 is 2.00 bits per heavy atom. The lowest BCUT2D eigenvalue weighted by molar-refractivity contribution is 0.282. The molecule has 20 heavy (non-hydrogen) atoms. The lowest BCUT2D eigenvalue weighted by Crippen LogP contribution is -2.31. The average Bonchev–Trinajstić information content (AvgIpc) is 2.45. The topological polar surface area (TPSA) is 74.2 Å². The predicted molar refractivity (Wildman–Crippen MR) is 80.3 cm³/mol. The van der Waals surface area contributed by atoms with Crippen molar-refractivity contribution in [3.05, 3.63) is 5.28 Å². The number of piperidine rings is 1. The molecule has 1 aromatic heterocycles. The first kappa shape index (κ1) is 15.3. The third kappa shape index (κ3) is 4.45. The molecule has 0 saturated carbocycles. The molecule has 1 unspecified atom stereocenters. The molecule has 0 spiro atoms. The SMILES string of the molecule is CC(CCCO)Nc1nc(Cl)nc(N2CCCCC2)n1. The molecule has 7 heteroatoms. The van der Waals surface area contributed by atoms with Gasteiger partial charge >= 0.3 is 0 Å². The van der Waals surface area contributed by atoms with E-state index in [4.69, 9.17) is 16.7 Å². The van der Waals surface area contributed by atoms with Gasteiger partial charge in [0.15, 0.2) is 0 Å². The van der Waals surface area contributed by atoms with Crippen LogP contribution in [0, 0.1) is 0 Å². The van der Waals surface area contributed by atoms with Gasteiger partial charge in [0.25, 0.3) is 0 Å². The third-order valence-electron chi connectivity index (χ3n) is 3.41. The van der Waals surface area contributed by atoms with Gasteiger partial charge in [-0.3, -0.25) is 0 Å². The number of nitrogens with one attached hydrogen (secondary N) is 1. The lowest BCUT2D eigenvalue weighted by Gasteiger charge is -2.26. The minimum Gasteiger partial charge on any atom is -0.396 e. The molecule has 112 valence electrons. The van der Waals surface area contributed by atoms with E-state index >= 15 is 0 Å². The molecule has 2 rings (SSSR count). The average molecular weight is 300 g/mol. The molecule has 0 radical (unpaired) electrons. The zero-order valence-corrected chi connectivity index (χ0v) is 12.6. The summed E-state index contributed by atoms with van der Waals surface area (Å²) in [6, 6.07) is 0.190. The molecule has 0 bridgehead atoms. The number of halogens is 1. The Balaban J connectivity index is 2.03. The number of aliphatic hydroxyl groups excluding tert-OH is 1. The Morgan fingerprint density at radius 3 is 2.70 bits per heavy atom. The number of aromatic nitrogens is 3. The summed E-state index contributed by atoms with van der Waals surface area (Å²) in [4.78, 5) is 14.9. The maximum atomic E-state index is 8.84. The number of hydrogen-bond acceptors (Lipinski definition) is 6. The highest BCUT2D eigenvalue weighted by molar-refractivity contribution is 6.28. The molecule has 0 amide bonds. The van der Waals surface area contributed by atoms with Crippen LogP contribution in [0.3, 0.4) is 0 Å². The number of rotatable bonds is 6. The second-order valence-corrected chi connectivity index (χ2v) is 5.53. The van der Waals surface area contributed by atoms with E-state index in [1.54, 1.807) is 0 Å². The summed E-state index contributed by atoms with van der Waals surface area (Å²) in [7, 11) is 0. The summed E-state index contributed by atoms with van der Waals surface area (Å²) in [6.07, 6.45) is 5.21. The van der Waals surface area contributed by atoms with Gasteiger partial charge in [-0.1, -0.05) is 0 Å². The van der Waals surface area contributed by atoms with Crippen LogP contribution in [-0.4, -0.2) is 45.8 Å². The minimum atomic E-state index is 0.190. The molecular weight excluding hydrogens is 278 g/mol. The summed E-state index contributed by atoms with van der Waals surface area (Å²) < 4.78 is 0. The van der Waals surface area contributed by atoms with Gasteiger partial charge in [-0.05, 0) is 50.6 Å². The van der Waals surface area contributed by atoms with Crippen molar-refractivity contribution in [2.75, 3.05) is 29.9 Å². The van der Waals surface area contributed by atoms with E-state index in [0.29, 0.717) is 11.9 Å². The highest BCUT2D eigenvalue weighted by atomic mass is 35.5. The molecule has 1 saturated heterocycles. The zero-order valence-electron chi connectivity index (χ0n) is 11.8. The molecule has 1 aliphatic heterocycles. The fourth-order valence-corrected chi connectivity index (χ4v) is 2.49. The van der Waals surface area contributed by atoms with Gasteiger partial charge < -0.3 is 15.3 Å². The second-order valence-electron chi connectivity index (χ2n) is 5.19. The van der Waals surface area contributed by atoms with Crippen molar-refractivity contribution < 1.29 is 5.11 Å². The smallest absolute Gasteiger partial charge is 0.231 e. The number of nitrogens with zero attached hydrogens (tertiary/aromatic N) is 4. The van der Waals surface area contributed by atoms with Crippen molar-refractivity contribution >= 4 is 23.5 Å². The van der Waals surface area contributed by atoms with Gasteiger partial charge in [0.2, 0.25) is 17.2 Å². The number of aliphatic hydroxyl groups is 1. The van der Waals surface area contributed by atoms with E-state index in [-0.39, 0.29) is 17.9 Å². The fourth-order valence-electron chi connectivity index (χ4n) is 2.33. The molecule has 2 N–H and O–H groups in total. The summed E-state index contributed by atoms with van der Waals surface area (Å²) in [5, 5.41) is 12.3. The van der Waals surface area contributed by atoms with Crippen LogP contribution < -0.4 is 10.2 Å². The van der Waals surface area contributed by atoms with E-state index in [0.717, 1.165) is 25.9 Å². The van der Waals surface area contributed by atoms with Crippen LogP contribution in [-0.2, 0) is 0 Å². The molecule has 0 aromatic carbocycles. The van der Waals surface area contributed by atoms with Crippen LogP contribution in [0.4, 0.5) is 11.9 Å². The highest BCUT2D eigenvalue weighted by Crippen LogP contribution is 2.19. The standard InChI is InChI=1S/C13H22ClN5O/c1-10(6-5-9-20)15-12-16-11(14)17-13(18-12)19-7-3-2-4-8-19/h10,20H,2-9H2,1H3,(H,15,16,17,18). The van der Waals surface area contributed by atoms with Gasteiger partial charge in [0, 0.05) is 25.7 Å². The first-order chi connectivity index (χ1) is 9.69. The summed E-state index contributed by atoms with van der Waals surface area (Å²) in [5.41, 5.74) is 0. The minimum absolute atomic E-state index is 0.190. The Hall–Kier alpha value is -1.14. The van der Waals surface area contributed by atoms with Crippen molar-refractivity contribution in [3.8, 4) is 0 Å². The van der Waals surface area contributed by atoms with Crippen LogP contribution in [0.5, 0.6) is 0 Å². The zero-order chi connectivity index (χ0) is 14.4. The van der Waals surface area contributed by atoms with Crippen LogP contribution in [0.2, 0.25) is 5.28 Å².